The molecule has 277 valence electrons. The minimum Gasteiger partial charge on any atom is -0.512 e. The number of fused-ring (bicyclic) bond motifs is 8. The number of halogens is 3. The molecule has 0 aliphatic heterocycles. The molecule has 1 N–H and O–H groups in total. The van der Waals surface area contributed by atoms with E-state index >= 15 is 0 Å². The van der Waals surface area contributed by atoms with Gasteiger partial charge in [-0.25, -0.2) is 0 Å². The number of aromatic nitrogens is 1. The van der Waals surface area contributed by atoms with Crippen molar-refractivity contribution in [3.8, 4) is 28.1 Å². The van der Waals surface area contributed by atoms with Crippen molar-refractivity contribution in [2.45, 2.75) is 74.1 Å². The molecule has 7 rings (SSSR count). The minimum atomic E-state index is -4.73. The van der Waals surface area contributed by atoms with E-state index in [2.05, 4.69) is 74.0 Å². The topological polar surface area (TPSA) is 59.4 Å². The molecule has 0 spiro atoms. The molecule has 1 aliphatic carbocycles. The molecule has 0 saturated heterocycles. The summed E-state index contributed by atoms with van der Waals surface area (Å²) in [4.78, 5) is 16.3. The zero-order valence-electron chi connectivity index (χ0n) is 31.3. The Labute approximate surface area is 322 Å². The van der Waals surface area contributed by atoms with Gasteiger partial charge in [-0.1, -0.05) is 122 Å². The quantitative estimate of drug-likeness (QED) is 0.0832. The molecule has 53 heavy (non-hydrogen) atoms. The number of benzene rings is 5. The van der Waals surface area contributed by atoms with Gasteiger partial charge in [0.25, 0.3) is 0 Å². The largest absolute Gasteiger partial charge is 0.573 e. The van der Waals surface area contributed by atoms with Gasteiger partial charge in [-0.2, -0.15) is 0 Å². The van der Waals surface area contributed by atoms with E-state index in [1.165, 1.54) is 23.6 Å². The van der Waals surface area contributed by atoms with Crippen LogP contribution in [0.25, 0.3) is 54.7 Å². The maximum Gasteiger partial charge on any atom is 0.573 e. The Morgan fingerprint density at radius 2 is 1.42 bits per heavy atom. The van der Waals surface area contributed by atoms with Crippen LogP contribution in [0.1, 0.15) is 72.1 Å². The monoisotopic (exact) mass is 895 g/mol. The zero-order chi connectivity index (χ0) is 38.0. The average Bonchev–Trinajstić information content (AvgIpc) is 3.28. The van der Waals surface area contributed by atoms with E-state index in [0.717, 1.165) is 66.0 Å². The Balaban J connectivity index is 0.000000334. The number of nitrogens with zero attached hydrogens (tertiary/aromatic N) is 1. The first-order valence-corrected chi connectivity index (χ1v) is 17.3. The average molecular weight is 895 g/mol. The first-order chi connectivity index (χ1) is 24.2. The third-order valence-corrected chi connectivity index (χ3v) is 9.77. The number of carbonyl (C=O) groups excluding carboxylic acids is 1. The third kappa shape index (κ3) is 7.76. The van der Waals surface area contributed by atoms with E-state index in [0.29, 0.717) is 0 Å². The summed E-state index contributed by atoms with van der Waals surface area (Å²) in [6, 6.07) is 29.1. The number of aryl methyl sites for hydroxylation is 1. The van der Waals surface area contributed by atoms with Crippen LogP contribution in [0.5, 0.6) is 5.75 Å². The van der Waals surface area contributed by atoms with Crippen LogP contribution in [0.15, 0.2) is 96.9 Å². The van der Waals surface area contributed by atoms with Crippen molar-refractivity contribution in [1.29, 1.82) is 0 Å². The van der Waals surface area contributed by atoms with Crippen molar-refractivity contribution in [3.05, 3.63) is 120 Å². The number of allylic oxidation sites excluding steroid dienone is 2. The Kier molecular flexibility index (Phi) is 10.5. The molecule has 0 saturated carbocycles. The number of ether oxygens (including phenoxy) is 1. The Morgan fingerprint density at radius 1 is 0.792 bits per heavy atom. The number of ketones is 1. The van der Waals surface area contributed by atoms with Gasteiger partial charge in [0.1, 0.15) is 11.5 Å². The third-order valence-electron chi connectivity index (χ3n) is 9.77. The van der Waals surface area contributed by atoms with Crippen molar-refractivity contribution in [2.24, 2.45) is 10.8 Å². The molecule has 1 radical (unpaired) electrons. The van der Waals surface area contributed by atoms with Crippen molar-refractivity contribution < 1.29 is 47.9 Å². The number of alkyl halides is 3. The van der Waals surface area contributed by atoms with Gasteiger partial charge in [0.15, 0.2) is 5.78 Å². The van der Waals surface area contributed by atoms with Crippen molar-refractivity contribution in [1.82, 2.24) is 4.98 Å². The maximum absolute atomic E-state index is 12.9. The molecule has 0 fully saturated rings. The van der Waals surface area contributed by atoms with E-state index in [1.807, 2.05) is 65.9 Å². The number of rotatable bonds is 3. The van der Waals surface area contributed by atoms with Crippen LogP contribution in [0, 0.1) is 23.8 Å². The first-order valence-electron chi connectivity index (χ1n) is 17.3. The summed E-state index contributed by atoms with van der Waals surface area (Å²) < 4.78 is 43.0. The SMILES string of the molecule is CC(C)(C)C(=O)/C=C(\O)C(C)(C)C.Cc1[c-]c(-c2nccc3c2ccc2c4c(ccc23)-c2ccc(OC(F)(F)F)cc2C4(C)C)cc2ccccc12.[Ir]. The van der Waals surface area contributed by atoms with E-state index in [1.54, 1.807) is 6.07 Å². The van der Waals surface area contributed by atoms with Gasteiger partial charge >= 0.3 is 6.36 Å². The number of hydrogen-bond acceptors (Lipinski definition) is 4. The van der Waals surface area contributed by atoms with E-state index in [4.69, 9.17) is 4.98 Å². The molecular weight excluding hydrogens is 852 g/mol. The molecule has 4 nitrogen and oxygen atoms in total. The molecule has 5 aromatic carbocycles. The van der Waals surface area contributed by atoms with Gasteiger partial charge in [0.05, 0.1) is 0 Å². The number of hydrogen-bond donors (Lipinski definition) is 1. The number of aliphatic hydroxyl groups excluding tert-OH is 1. The second-order valence-electron chi connectivity index (χ2n) is 16.1. The molecule has 0 bridgehead atoms. The minimum absolute atomic E-state index is 0. The summed E-state index contributed by atoms with van der Waals surface area (Å²) >= 11 is 0. The molecular formula is C45H43F3IrNO3-. The molecule has 0 unspecified atom stereocenters. The summed E-state index contributed by atoms with van der Waals surface area (Å²) in [6.45, 7) is 17.3. The first kappa shape index (κ1) is 39.7. The number of aliphatic hydroxyl groups is 1. The van der Waals surface area contributed by atoms with Crippen LogP contribution in [-0.4, -0.2) is 22.2 Å². The number of pyridine rings is 1. The van der Waals surface area contributed by atoms with Crippen molar-refractivity contribution in [3.63, 3.8) is 0 Å². The van der Waals surface area contributed by atoms with Gasteiger partial charge in [-0.15, -0.1) is 41.8 Å². The van der Waals surface area contributed by atoms with Crippen molar-refractivity contribution >= 4 is 38.1 Å². The second-order valence-corrected chi connectivity index (χ2v) is 16.1. The predicted octanol–water partition coefficient (Wildman–Crippen LogP) is 12.6. The van der Waals surface area contributed by atoms with Crippen LogP contribution in [-0.2, 0) is 30.3 Å². The van der Waals surface area contributed by atoms with Crippen LogP contribution in [0.2, 0.25) is 0 Å². The predicted molar refractivity (Wildman–Crippen MR) is 205 cm³/mol. The van der Waals surface area contributed by atoms with Crippen LogP contribution >= 0.6 is 0 Å². The fraction of sp³-hybridized carbons (Fsp3) is 0.289. The molecule has 1 heterocycles. The Bertz CT molecular complexity index is 2410. The fourth-order valence-electron chi connectivity index (χ4n) is 6.90. The van der Waals surface area contributed by atoms with Gasteiger partial charge in [-0.05, 0) is 67.7 Å². The summed E-state index contributed by atoms with van der Waals surface area (Å²) in [5, 5.41) is 16.2. The van der Waals surface area contributed by atoms with Crippen LogP contribution in [0.3, 0.4) is 0 Å². The number of carbonyl (C=O) groups is 1. The molecule has 0 atom stereocenters. The molecule has 6 aromatic rings. The summed E-state index contributed by atoms with van der Waals surface area (Å²) in [5.41, 5.74) is 5.52. The summed E-state index contributed by atoms with van der Waals surface area (Å²) in [6.07, 6.45) is -1.56. The standard InChI is InChI=1S/C34H23F3NO.C11H20O2.Ir/c1-19-16-21(17-20-6-4-5-7-23(19)20)32-29-13-12-27-24(25(29)14-15-38-32)10-11-28-26-9-8-22(39-34(35,36)37)18-30(26)33(2,3)31(27)28;1-10(2,3)8(12)7-9(13)11(4,5)6;/h4-15,17-18H,1-3H3;7,12H,1-6H3;/q-1;;/b;8-7-;. The normalized spacial score (nSPS) is 13.9. The molecule has 0 amide bonds. The summed E-state index contributed by atoms with van der Waals surface area (Å²) in [7, 11) is 0. The smallest absolute Gasteiger partial charge is 0.512 e. The Hall–Kier alpha value is -4.52. The second kappa shape index (κ2) is 14.0. The van der Waals surface area contributed by atoms with Crippen LogP contribution < -0.4 is 4.74 Å². The van der Waals surface area contributed by atoms with E-state index < -0.39 is 17.2 Å². The van der Waals surface area contributed by atoms with Crippen LogP contribution in [0.4, 0.5) is 13.2 Å². The summed E-state index contributed by atoms with van der Waals surface area (Å²) in [5.74, 6) is -0.0955. The van der Waals surface area contributed by atoms with E-state index in [-0.39, 0.29) is 42.8 Å². The molecule has 1 aliphatic rings. The van der Waals surface area contributed by atoms with Gasteiger partial charge in [0.2, 0.25) is 0 Å². The zero-order valence-corrected chi connectivity index (χ0v) is 33.7. The van der Waals surface area contributed by atoms with Gasteiger partial charge in [-0.3, -0.25) is 4.79 Å². The molecule has 8 heteroatoms. The van der Waals surface area contributed by atoms with Gasteiger partial charge in [0, 0.05) is 48.6 Å². The Morgan fingerprint density at radius 3 is 2.08 bits per heavy atom. The maximum atomic E-state index is 12.9. The molecule has 1 aromatic heterocycles. The van der Waals surface area contributed by atoms with Crippen molar-refractivity contribution in [2.75, 3.05) is 0 Å². The van der Waals surface area contributed by atoms with E-state index in [9.17, 15) is 23.1 Å². The van der Waals surface area contributed by atoms with Gasteiger partial charge < -0.3 is 14.8 Å². The fourth-order valence-corrected chi connectivity index (χ4v) is 6.90.